The highest BCUT2D eigenvalue weighted by Crippen LogP contribution is 2.16. The molecule has 0 saturated carbocycles. The van der Waals surface area contributed by atoms with Crippen LogP contribution in [0.1, 0.15) is 117 Å². The number of hydrogen-bond acceptors (Lipinski definition) is 3. The molecule has 1 atom stereocenters. The molecular formula is C23H52NO3Si+. The SMILES string of the molecule is CCCCCCCCCC[N+](C)(CCCCCCCC)CCCC[Si](O)(O)O. The van der Waals surface area contributed by atoms with Crippen molar-refractivity contribution in [2.75, 3.05) is 26.7 Å². The van der Waals surface area contributed by atoms with Gasteiger partial charge in [0.25, 0.3) is 0 Å². The zero-order valence-corrected chi connectivity index (χ0v) is 20.4. The van der Waals surface area contributed by atoms with Crippen LogP contribution in [-0.2, 0) is 0 Å². The van der Waals surface area contributed by atoms with E-state index in [1.807, 2.05) is 0 Å². The van der Waals surface area contributed by atoms with Gasteiger partial charge in [-0.1, -0.05) is 78.1 Å². The summed E-state index contributed by atoms with van der Waals surface area (Å²) in [6, 6.07) is 0.182. The smallest absolute Gasteiger partial charge is 0.390 e. The van der Waals surface area contributed by atoms with Crippen molar-refractivity contribution in [2.24, 2.45) is 0 Å². The van der Waals surface area contributed by atoms with Crippen molar-refractivity contribution in [3.63, 3.8) is 0 Å². The molecule has 0 heterocycles. The second-order valence-electron chi connectivity index (χ2n) is 9.26. The summed E-state index contributed by atoms with van der Waals surface area (Å²) in [7, 11) is -1.47. The minimum Gasteiger partial charge on any atom is -0.390 e. The Morgan fingerprint density at radius 2 is 0.821 bits per heavy atom. The van der Waals surface area contributed by atoms with E-state index >= 15 is 0 Å². The quantitative estimate of drug-likeness (QED) is 0.129. The molecule has 28 heavy (non-hydrogen) atoms. The van der Waals surface area contributed by atoms with Crippen LogP contribution in [0.5, 0.6) is 0 Å². The molecule has 0 saturated heterocycles. The maximum Gasteiger partial charge on any atom is 0.492 e. The van der Waals surface area contributed by atoms with Crippen LogP contribution in [0.3, 0.4) is 0 Å². The Morgan fingerprint density at radius 1 is 0.500 bits per heavy atom. The Bertz CT molecular complexity index is 336. The molecule has 4 nitrogen and oxygen atoms in total. The van der Waals surface area contributed by atoms with E-state index in [1.54, 1.807) is 0 Å². The number of unbranched alkanes of at least 4 members (excludes halogenated alkanes) is 13. The van der Waals surface area contributed by atoms with Crippen molar-refractivity contribution in [1.82, 2.24) is 0 Å². The molecule has 0 aromatic rings. The summed E-state index contributed by atoms with van der Waals surface area (Å²) in [4.78, 5) is 27.6. The van der Waals surface area contributed by atoms with Crippen molar-refractivity contribution in [3.05, 3.63) is 0 Å². The third-order valence-electron chi connectivity index (χ3n) is 6.06. The molecule has 0 aromatic carbocycles. The van der Waals surface area contributed by atoms with Gasteiger partial charge in [-0.15, -0.1) is 0 Å². The summed E-state index contributed by atoms with van der Waals surface area (Å²) >= 11 is 0. The summed E-state index contributed by atoms with van der Waals surface area (Å²) in [5.74, 6) is 0. The van der Waals surface area contributed by atoms with Gasteiger partial charge in [-0.2, -0.15) is 0 Å². The van der Waals surface area contributed by atoms with Gasteiger partial charge in [-0.3, -0.25) is 0 Å². The third kappa shape index (κ3) is 19.4. The Kier molecular flexibility index (Phi) is 17.9. The summed E-state index contributed by atoms with van der Waals surface area (Å²) in [6.45, 7) is 8.11. The fourth-order valence-corrected chi connectivity index (χ4v) is 4.82. The molecule has 0 aromatic heterocycles. The number of quaternary nitrogens is 1. The molecule has 0 fully saturated rings. The maximum atomic E-state index is 9.21. The average molecular weight is 419 g/mol. The van der Waals surface area contributed by atoms with E-state index in [2.05, 4.69) is 20.9 Å². The molecule has 0 rings (SSSR count). The van der Waals surface area contributed by atoms with Crippen LogP contribution in [0.15, 0.2) is 0 Å². The fraction of sp³-hybridized carbons (Fsp3) is 1.00. The van der Waals surface area contributed by atoms with Crippen molar-refractivity contribution in [1.29, 1.82) is 0 Å². The largest absolute Gasteiger partial charge is 0.492 e. The van der Waals surface area contributed by atoms with Gasteiger partial charge in [0.15, 0.2) is 0 Å². The van der Waals surface area contributed by atoms with E-state index in [0.29, 0.717) is 0 Å². The normalized spacial score (nSPS) is 14.4. The van der Waals surface area contributed by atoms with Crippen LogP contribution in [0.2, 0.25) is 6.04 Å². The van der Waals surface area contributed by atoms with Crippen molar-refractivity contribution in [3.8, 4) is 0 Å². The first kappa shape index (κ1) is 28.1. The van der Waals surface area contributed by atoms with Crippen molar-refractivity contribution in [2.45, 2.75) is 123 Å². The Morgan fingerprint density at radius 3 is 1.18 bits per heavy atom. The second-order valence-corrected chi connectivity index (χ2v) is 11.3. The molecule has 0 aliphatic rings. The molecule has 1 unspecified atom stereocenters. The van der Waals surface area contributed by atoms with Crippen molar-refractivity contribution < 1.29 is 18.9 Å². The fourth-order valence-electron chi connectivity index (χ4n) is 4.09. The Labute approximate surface area is 177 Å². The number of rotatable bonds is 21. The first-order valence-corrected chi connectivity index (χ1v) is 14.4. The monoisotopic (exact) mass is 418 g/mol. The highest BCUT2D eigenvalue weighted by Gasteiger charge is 2.27. The van der Waals surface area contributed by atoms with Gasteiger partial charge in [0.1, 0.15) is 0 Å². The average Bonchev–Trinajstić information content (AvgIpc) is 2.63. The topological polar surface area (TPSA) is 60.7 Å². The zero-order chi connectivity index (χ0) is 21.1. The van der Waals surface area contributed by atoms with Gasteiger partial charge in [-0.05, 0) is 38.5 Å². The minimum absolute atomic E-state index is 0.182. The Balaban J connectivity index is 4.11. The standard InChI is InChI=1S/C23H52NO3Si/c1-4-6-8-10-12-13-15-17-21-24(3,20-16-14-11-9-7-5-2)22-18-19-23-28(25,26)27/h25-27H,4-23H2,1-3H3/q+1. The predicted octanol–water partition coefficient (Wildman–Crippen LogP) is 5.63. The lowest BCUT2D eigenvalue weighted by Gasteiger charge is -2.35. The molecule has 0 bridgehead atoms. The van der Waals surface area contributed by atoms with Gasteiger partial charge < -0.3 is 18.9 Å². The van der Waals surface area contributed by atoms with Crippen LogP contribution in [0, 0.1) is 0 Å². The van der Waals surface area contributed by atoms with Gasteiger partial charge >= 0.3 is 8.80 Å². The second kappa shape index (κ2) is 17.9. The summed E-state index contributed by atoms with van der Waals surface area (Å²) in [5.41, 5.74) is 0. The maximum absolute atomic E-state index is 9.21. The molecule has 5 heteroatoms. The van der Waals surface area contributed by atoms with Gasteiger partial charge in [0, 0.05) is 6.04 Å². The van der Waals surface area contributed by atoms with Crippen LogP contribution >= 0.6 is 0 Å². The molecule has 0 spiro atoms. The Hall–Kier alpha value is 0.0569. The lowest BCUT2D eigenvalue weighted by molar-refractivity contribution is -0.910. The van der Waals surface area contributed by atoms with E-state index in [-0.39, 0.29) is 6.04 Å². The number of nitrogens with zero attached hydrogens (tertiary/aromatic N) is 1. The van der Waals surface area contributed by atoms with Crippen LogP contribution in [-0.4, -0.2) is 54.4 Å². The lowest BCUT2D eigenvalue weighted by atomic mass is 10.1. The summed E-state index contributed by atoms with van der Waals surface area (Å²) in [5, 5.41) is 0. The van der Waals surface area contributed by atoms with E-state index in [1.165, 1.54) is 103 Å². The number of hydrogen-bond donors (Lipinski definition) is 3. The molecular weight excluding hydrogens is 366 g/mol. The van der Waals surface area contributed by atoms with Gasteiger partial charge in [0.05, 0.1) is 26.7 Å². The molecule has 3 N–H and O–H groups in total. The van der Waals surface area contributed by atoms with Crippen LogP contribution < -0.4 is 0 Å². The summed E-state index contributed by atoms with van der Waals surface area (Å²) < 4.78 is 1.11. The third-order valence-corrected chi connectivity index (χ3v) is 7.09. The summed E-state index contributed by atoms with van der Waals surface area (Å²) in [6.07, 6.45) is 20.6. The van der Waals surface area contributed by atoms with Crippen LogP contribution in [0.4, 0.5) is 0 Å². The van der Waals surface area contributed by atoms with Crippen molar-refractivity contribution >= 4 is 8.80 Å². The zero-order valence-electron chi connectivity index (χ0n) is 19.4. The predicted molar refractivity (Wildman–Crippen MR) is 123 cm³/mol. The highest BCUT2D eigenvalue weighted by atomic mass is 28.4. The van der Waals surface area contributed by atoms with E-state index in [4.69, 9.17) is 0 Å². The molecule has 170 valence electrons. The molecule has 0 aliphatic heterocycles. The lowest BCUT2D eigenvalue weighted by Crippen LogP contribution is -2.46. The molecule has 0 aliphatic carbocycles. The molecule has 0 radical (unpaired) electrons. The highest BCUT2D eigenvalue weighted by molar-refractivity contribution is 6.56. The van der Waals surface area contributed by atoms with Crippen LogP contribution in [0.25, 0.3) is 0 Å². The molecule has 0 amide bonds. The van der Waals surface area contributed by atoms with Gasteiger partial charge in [0.2, 0.25) is 0 Å². The first-order chi connectivity index (χ1) is 13.3. The minimum atomic E-state index is -3.85. The van der Waals surface area contributed by atoms with Gasteiger partial charge in [-0.25, -0.2) is 0 Å². The van der Waals surface area contributed by atoms with E-state index < -0.39 is 8.80 Å². The van der Waals surface area contributed by atoms with E-state index in [9.17, 15) is 14.4 Å². The first-order valence-electron chi connectivity index (χ1n) is 12.3. The van der Waals surface area contributed by atoms with E-state index in [0.717, 1.165) is 23.9 Å².